The molecule has 0 spiro atoms. The molecule has 0 saturated heterocycles. The van der Waals surface area contributed by atoms with Crippen molar-refractivity contribution in [2.45, 2.75) is 17.2 Å². The lowest BCUT2D eigenvalue weighted by atomic mass is 9.86. The number of anilines is 2. The number of ether oxygens (including phenoxy) is 1. The number of sulfonamides is 1. The summed E-state index contributed by atoms with van der Waals surface area (Å²) >= 11 is 0. The van der Waals surface area contributed by atoms with E-state index in [0.29, 0.717) is 17.1 Å². The summed E-state index contributed by atoms with van der Waals surface area (Å²) in [5.41, 5.74) is 2.64. The van der Waals surface area contributed by atoms with E-state index in [2.05, 4.69) is 15.1 Å². The predicted octanol–water partition coefficient (Wildman–Crippen LogP) is 3.24. The van der Waals surface area contributed by atoms with Crippen LogP contribution in [0.15, 0.2) is 82.8 Å². The molecule has 4 rings (SSSR count). The van der Waals surface area contributed by atoms with Crippen LogP contribution in [0.1, 0.15) is 23.5 Å². The monoisotopic (exact) mass is 436 g/mol. The maximum absolute atomic E-state index is 12.9. The van der Waals surface area contributed by atoms with Crippen LogP contribution < -0.4 is 20.6 Å². The summed E-state index contributed by atoms with van der Waals surface area (Å²) in [6, 6.07) is 20.6. The van der Waals surface area contributed by atoms with Crippen LogP contribution in [0.25, 0.3) is 0 Å². The highest BCUT2D eigenvalue weighted by Crippen LogP contribution is 2.39. The van der Waals surface area contributed by atoms with Gasteiger partial charge in [-0.2, -0.15) is 5.10 Å². The first-order valence-corrected chi connectivity index (χ1v) is 11.0. The quantitative estimate of drug-likeness (QED) is 0.136. The Bertz CT molecular complexity index is 1260. The molecule has 1 unspecified atom stereocenters. The Balaban J connectivity index is 1.62. The van der Waals surface area contributed by atoms with Gasteiger partial charge in [0.05, 0.1) is 11.3 Å². The topological polar surface area (TPSA) is 123 Å². The highest BCUT2D eigenvalue weighted by atomic mass is 32.2. The van der Waals surface area contributed by atoms with Gasteiger partial charge < -0.3 is 15.9 Å². The number of carbonyl (C=O) groups excluding carboxylic acids is 1. The zero-order valence-corrected chi connectivity index (χ0v) is 17.2. The van der Waals surface area contributed by atoms with Gasteiger partial charge in [0, 0.05) is 22.9 Å². The van der Waals surface area contributed by atoms with Gasteiger partial charge in [-0.1, -0.05) is 36.4 Å². The van der Waals surface area contributed by atoms with Crippen LogP contribution >= 0.6 is 0 Å². The number of hydrazone groups is 1. The smallest absolute Gasteiger partial charge is 0.312 e. The summed E-state index contributed by atoms with van der Waals surface area (Å²) in [5, 5.41) is 6.12. The van der Waals surface area contributed by atoms with Gasteiger partial charge in [-0.15, -0.1) is 0 Å². The highest BCUT2D eigenvalue weighted by molar-refractivity contribution is 7.92. The predicted molar refractivity (Wildman–Crippen MR) is 119 cm³/mol. The second-order valence-electron chi connectivity index (χ2n) is 6.95. The van der Waals surface area contributed by atoms with Gasteiger partial charge in [0.15, 0.2) is 0 Å². The molecule has 0 aliphatic carbocycles. The standard InChI is InChI=1S/C22H20N4O4S/c23-25-14-24-16-6-4-8-18(12-16)31(28,29)26-17-7-3-5-15(11-17)20-13-22(27)30-21-10-2-1-9-19(20)21/h1-12,14,20,26H,13,23H2,(H,24,25). The molecule has 3 aromatic rings. The Morgan fingerprint density at radius 1 is 1.00 bits per heavy atom. The molecule has 0 fully saturated rings. The second kappa shape index (κ2) is 8.49. The summed E-state index contributed by atoms with van der Waals surface area (Å²) in [6.07, 6.45) is 1.44. The molecule has 1 heterocycles. The summed E-state index contributed by atoms with van der Waals surface area (Å²) in [6.45, 7) is 0. The molecule has 158 valence electrons. The van der Waals surface area contributed by atoms with E-state index in [-0.39, 0.29) is 23.2 Å². The molecule has 4 N–H and O–H groups in total. The average molecular weight is 436 g/mol. The van der Waals surface area contributed by atoms with Crippen molar-refractivity contribution < 1.29 is 17.9 Å². The molecule has 8 nitrogen and oxygen atoms in total. The lowest BCUT2D eigenvalue weighted by Crippen LogP contribution is -2.21. The largest absolute Gasteiger partial charge is 0.426 e. The maximum Gasteiger partial charge on any atom is 0.312 e. The molecular weight excluding hydrogens is 416 g/mol. The number of carbonyl (C=O) groups is 1. The van der Waals surface area contributed by atoms with Crippen molar-refractivity contribution in [1.82, 2.24) is 0 Å². The van der Waals surface area contributed by atoms with Gasteiger partial charge in [0.1, 0.15) is 12.1 Å². The molecule has 1 aliphatic rings. The van der Waals surface area contributed by atoms with Gasteiger partial charge >= 0.3 is 5.97 Å². The van der Waals surface area contributed by atoms with Gasteiger partial charge in [0.2, 0.25) is 0 Å². The van der Waals surface area contributed by atoms with Crippen molar-refractivity contribution in [3.05, 3.63) is 83.9 Å². The van der Waals surface area contributed by atoms with Gasteiger partial charge in [-0.05, 0) is 42.0 Å². The molecule has 0 bridgehead atoms. The van der Waals surface area contributed by atoms with Crippen LogP contribution in [-0.2, 0) is 14.8 Å². The van der Waals surface area contributed by atoms with E-state index >= 15 is 0 Å². The third-order valence-electron chi connectivity index (χ3n) is 4.88. The number of para-hydroxylation sites is 1. The Labute approximate surface area is 179 Å². The fourth-order valence-corrected chi connectivity index (χ4v) is 4.59. The van der Waals surface area contributed by atoms with Gasteiger partial charge in [0.25, 0.3) is 10.0 Å². The van der Waals surface area contributed by atoms with E-state index < -0.39 is 10.0 Å². The Morgan fingerprint density at radius 2 is 1.77 bits per heavy atom. The third-order valence-corrected chi connectivity index (χ3v) is 6.26. The zero-order valence-electron chi connectivity index (χ0n) is 16.4. The third kappa shape index (κ3) is 4.51. The van der Waals surface area contributed by atoms with Crippen molar-refractivity contribution in [2.75, 3.05) is 10.0 Å². The summed E-state index contributed by atoms with van der Waals surface area (Å²) in [5.74, 6) is 5.05. The second-order valence-corrected chi connectivity index (χ2v) is 8.63. The minimum Gasteiger partial charge on any atom is -0.426 e. The van der Waals surface area contributed by atoms with E-state index in [9.17, 15) is 13.2 Å². The molecule has 0 radical (unpaired) electrons. The fourth-order valence-electron chi connectivity index (χ4n) is 3.50. The van der Waals surface area contributed by atoms with E-state index in [1.54, 1.807) is 42.5 Å². The van der Waals surface area contributed by atoms with Crippen molar-refractivity contribution >= 4 is 33.7 Å². The molecule has 3 aromatic carbocycles. The molecule has 1 aliphatic heterocycles. The molecule has 1 atom stereocenters. The lowest BCUT2D eigenvalue weighted by molar-refractivity contribution is -0.135. The number of rotatable bonds is 6. The molecule has 0 saturated carbocycles. The maximum atomic E-state index is 12.9. The minimum atomic E-state index is -3.84. The molecule has 0 amide bonds. The minimum absolute atomic E-state index is 0.0833. The van der Waals surface area contributed by atoms with E-state index in [1.165, 1.54) is 18.5 Å². The molecule has 9 heteroatoms. The first-order chi connectivity index (χ1) is 15.0. The Morgan fingerprint density at radius 3 is 2.61 bits per heavy atom. The number of hydrogen-bond acceptors (Lipinski definition) is 6. The fraction of sp³-hybridized carbons (Fsp3) is 0.0909. The average Bonchev–Trinajstić information content (AvgIpc) is 2.77. The van der Waals surface area contributed by atoms with Gasteiger partial charge in [-0.25, -0.2) is 8.42 Å². The zero-order chi connectivity index (χ0) is 21.8. The highest BCUT2D eigenvalue weighted by Gasteiger charge is 2.28. The van der Waals surface area contributed by atoms with Crippen molar-refractivity contribution in [1.29, 1.82) is 0 Å². The molecule has 31 heavy (non-hydrogen) atoms. The van der Waals surface area contributed by atoms with Crippen LogP contribution in [0.3, 0.4) is 0 Å². The Kier molecular flexibility index (Phi) is 5.59. The Hall–Kier alpha value is -3.85. The van der Waals surface area contributed by atoms with Crippen LogP contribution in [0, 0.1) is 0 Å². The number of esters is 1. The van der Waals surface area contributed by atoms with E-state index in [4.69, 9.17) is 10.6 Å². The molecular formula is C22H20N4O4S. The van der Waals surface area contributed by atoms with Crippen LogP contribution in [-0.4, -0.2) is 20.7 Å². The van der Waals surface area contributed by atoms with Gasteiger partial charge in [-0.3, -0.25) is 9.52 Å². The summed E-state index contributed by atoms with van der Waals surface area (Å²) in [4.78, 5) is 12.1. The number of nitrogens with two attached hydrogens (primary N) is 1. The number of hydrogen-bond donors (Lipinski definition) is 3. The van der Waals surface area contributed by atoms with Crippen LogP contribution in [0.4, 0.5) is 11.4 Å². The summed E-state index contributed by atoms with van der Waals surface area (Å²) in [7, 11) is -3.84. The first kappa shape index (κ1) is 20.4. The van der Waals surface area contributed by atoms with Crippen molar-refractivity contribution in [3.63, 3.8) is 0 Å². The van der Waals surface area contributed by atoms with Crippen LogP contribution in [0.5, 0.6) is 5.75 Å². The van der Waals surface area contributed by atoms with E-state index in [0.717, 1.165) is 11.1 Å². The first-order valence-electron chi connectivity index (χ1n) is 9.47. The summed E-state index contributed by atoms with van der Waals surface area (Å²) < 4.78 is 33.7. The SMILES string of the molecule is NN=CNc1cccc(S(=O)(=O)Nc2cccc(C3CC(=O)Oc4ccccc43)c2)c1. The number of nitrogens with one attached hydrogen (secondary N) is 2. The number of benzene rings is 3. The van der Waals surface area contributed by atoms with Crippen LogP contribution in [0.2, 0.25) is 0 Å². The molecule has 0 aromatic heterocycles. The lowest BCUT2D eigenvalue weighted by Gasteiger charge is -2.25. The van der Waals surface area contributed by atoms with Crippen molar-refractivity contribution in [2.24, 2.45) is 10.9 Å². The number of fused-ring (bicyclic) bond motifs is 1. The van der Waals surface area contributed by atoms with E-state index in [1.807, 2.05) is 18.2 Å². The number of nitrogens with zero attached hydrogens (tertiary/aromatic N) is 1. The van der Waals surface area contributed by atoms with Crippen molar-refractivity contribution in [3.8, 4) is 5.75 Å². The normalized spacial score (nSPS) is 15.9.